The molecule has 4 atom stereocenters. The first-order valence-corrected chi connectivity index (χ1v) is 10.3. The molecule has 0 heterocycles. The van der Waals surface area contributed by atoms with Crippen molar-refractivity contribution in [2.45, 2.75) is 43.5 Å². The zero-order valence-corrected chi connectivity index (χ0v) is 15.5. The number of anilines is 1. The second kappa shape index (κ2) is 7.43. The number of fused-ring (bicyclic) bond motifs is 2. The zero-order valence-electron chi connectivity index (χ0n) is 14.7. The summed E-state index contributed by atoms with van der Waals surface area (Å²) in [6.45, 7) is 1.94. The third-order valence-corrected chi connectivity index (χ3v) is 7.07. The van der Waals surface area contributed by atoms with Gasteiger partial charge >= 0.3 is 0 Å². The molecule has 2 N–H and O–H groups in total. The molecule has 7 heteroatoms. The number of carbonyl (C=O) groups excluding carboxylic acids is 1. The van der Waals surface area contributed by atoms with Crippen LogP contribution in [0.25, 0.3) is 0 Å². The Balaban J connectivity index is 1.62. The lowest BCUT2D eigenvalue weighted by atomic mass is 9.84. The van der Waals surface area contributed by atoms with Crippen molar-refractivity contribution in [3.8, 4) is 0 Å². The van der Waals surface area contributed by atoms with E-state index < -0.39 is 10.0 Å². The van der Waals surface area contributed by atoms with Gasteiger partial charge in [0, 0.05) is 18.8 Å². The molecule has 1 amide bonds. The Morgan fingerprint density at radius 3 is 2.52 bits per heavy atom. The number of sulfonamides is 1. The SMILES string of the molecule is COCC(=O)Nc1ccc(S(=O)(=O)NC(C)C2CC3CCC2C3)cc1. The third-order valence-electron chi connectivity index (χ3n) is 5.50. The van der Waals surface area contributed by atoms with Crippen LogP contribution in [-0.2, 0) is 19.6 Å². The summed E-state index contributed by atoms with van der Waals surface area (Å²) in [5.41, 5.74) is 0.544. The molecule has 1 aromatic carbocycles. The average molecular weight is 366 g/mol. The smallest absolute Gasteiger partial charge is 0.250 e. The van der Waals surface area contributed by atoms with Gasteiger partial charge in [-0.2, -0.15) is 0 Å². The van der Waals surface area contributed by atoms with Gasteiger partial charge in [-0.15, -0.1) is 0 Å². The molecule has 3 rings (SSSR count). The molecule has 138 valence electrons. The van der Waals surface area contributed by atoms with Crippen LogP contribution in [0.15, 0.2) is 29.2 Å². The Kier molecular flexibility index (Phi) is 5.46. The Morgan fingerprint density at radius 2 is 1.96 bits per heavy atom. The summed E-state index contributed by atoms with van der Waals surface area (Å²) < 4.78 is 32.8. The van der Waals surface area contributed by atoms with Crippen molar-refractivity contribution in [2.24, 2.45) is 17.8 Å². The van der Waals surface area contributed by atoms with Gasteiger partial charge in [0.05, 0.1) is 4.90 Å². The summed E-state index contributed by atoms with van der Waals surface area (Å²) in [6.07, 6.45) is 4.93. The number of amides is 1. The van der Waals surface area contributed by atoms with Crippen LogP contribution in [0.1, 0.15) is 32.6 Å². The lowest BCUT2D eigenvalue weighted by Crippen LogP contribution is -2.40. The summed E-state index contributed by atoms with van der Waals surface area (Å²) in [6, 6.07) is 6.15. The molecule has 1 aromatic rings. The minimum Gasteiger partial charge on any atom is -0.375 e. The van der Waals surface area contributed by atoms with Crippen molar-refractivity contribution < 1.29 is 17.9 Å². The topological polar surface area (TPSA) is 84.5 Å². The highest BCUT2D eigenvalue weighted by Gasteiger charge is 2.42. The molecule has 2 aliphatic carbocycles. The van der Waals surface area contributed by atoms with Crippen molar-refractivity contribution >= 4 is 21.6 Å². The molecule has 0 spiro atoms. The quantitative estimate of drug-likeness (QED) is 0.776. The minimum atomic E-state index is -3.56. The Hall–Kier alpha value is -1.44. The number of hydrogen-bond donors (Lipinski definition) is 2. The number of ether oxygens (including phenoxy) is 1. The molecule has 2 aliphatic rings. The molecule has 0 radical (unpaired) electrons. The predicted octanol–water partition coefficient (Wildman–Crippen LogP) is 2.37. The number of nitrogens with one attached hydrogen (secondary N) is 2. The van der Waals surface area contributed by atoms with Crippen LogP contribution >= 0.6 is 0 Å². The van der Waals surface area contributed by atoms with E-state index in [0.717, 1.165) is 12.3 Å². The summed E-state index contributed by atoms with van der Waals surface area (Å²) in [5, 5.41) is 2.65. The van der Waals surface area contributed by atoms with E-state index in [1.165, 1.54) is 38.5 Å². The van der Waals surface area contributed by atoms with E-state index >= 15 is 0 Å². The summed E-state index contributed by atoms with van der Waals surface area (Å²) >= 11 is 0. The largest absolute Gasteiger partial charge is 0.375 e. The number of rotatable bonds is 7. The Labute approximate surface area is 149 Å². The molecule has 0 saturated heterocycles. The molecule has 4 unspecified atom stereocenters. The maximum Gasteiger partial charge on any atom is 0.250 e. The van der Waals surface area contributed by atoms with Gasteiger partial charge in [0.15, 0.2) is 0 Å². The molecular weight excluding hydrogens is 340 g/mol. The van der Waals surface area contributed by atoms with E-state index in [1.54, 1.807) is 12.1 Å². The highest BCUT2D eigenvalue weighted by atomic mass is 32.2. The fraction of sp³-hybridized carbons (Fsp3) is 0.611. The molecule has 6 nitrogen and oxygen atoms in total. The van der Waals surface area contributed by atoms with Gasteiger partial charge < -0.3 is 10.1 Å². The van der Waals surface area contributed by atoms with E-state index in [1.807, 2.05) is 6.92 Å². The van der Waals surface area contributed by atoms with Crippen LogP contribution < -0.4 is 10.0 Å². The summed E-state index contributed by atoms with van der Waals surface area (Å²) in [5.74, 6) is 1.63. The monoisotopic (exact) mass is 366 g/mol. The molecule has 0 aromatic heterocycles. The zero-order chi connectivity index (χ0) is 18.0. The van der Waals surface area contributed by atoms with Gasteiger partial charge in [0.25, 0.3) is 0 Å². The van der Waals surface area contributed by atoms with Crippen LogP contribution in [0, 0.1) is 17.8 Å². The Bertz CT molecular complexity index is 717. The normalized spacial score (nSPS) is 26.6. The van der Waals surface area contributed by atoms with Gasteiger partial charge in [-0.1, -0.05) is 6.42 Å². The fourth-order valence-electron chi connectivity index (χ4n) is 4.35. The third kappa shape index (κ3) is 4.22. The first kappa shape index (κ1) is 18.4. The fourth-order valence-corrected chi connectivity index (χ4v) is 5.65. The van der Waals surface area contributed by atoms with Crippen LogP contribution in [0.4, 0.5) is 5.69 Å². The van der Waals surface area contributed by atoms with Crippen molar-refractivity contribution in [2.75, 3.05) is 19.0 Å². The number of benzene rings is 1. The second-order valence-corrected chi connectivity index (χ2v) is 8.97. The maximum absolute atomic E-state index is 12.6. The summed E-state index contributed by atoms with van der Waals surface area (Å²) in [7, 11) is -2.11. The van der Waals surface area contributed by atoms with E-state index in [0.29, 0.717) is 17.5 Å². The molecule has 0 aliphatic heterocycles. The van der Waals surface area contributed by atoms with E-state index in [2.05, 4.69) is 10.0 Å². The number of methoxy groups -OCH3 is 1. The molecule has 2 saturated carbocycles. The minimum absolute atomic E-state index is 0.0390. The van der Waals surface area contributed by atoms with Crippen LogP contribution in [0.2, 0.25) is 0 Å². The lowest BCUT2D eigenvalue weighted by molar-refractivity contribution is -0.119. The predicted molar refractivity (Wildman–Crippen MR) is 95.7 cm³/mol. The number of carbonyl (C=O) groups is 1. The average Bonchev–Trinajstić information content (AvgIpc) is 3.18. The number of hydrogen-bond acceptors (Lipinski definition) is 4. The van der Waals surface area contributed by atoms with E-state index in [9.17, 15) is 13.2 Å². The van der Waals surface area contributed by atoms with E-state index in [-0.39, 0.29) is 23.5 Å². The highest BCUT2D eigenvalue weighted by Crippen LogP contribution is 2.49. The molecule has 2 bridgehead atoms. The van der Waals surface area contributed by atoms with Crippen LogP contribution in [-0.4, -0.2) is 34.1 Å². The van der Waals surface area contributed by atoms with Crippen molar-refractivity contribution in [1.29, 1.82) is 0 Å². The summed E-state index contributed by atoms with van der Waals surface area (Å²) in [4.78, 5) is 11.7. The highest BCUT2D eigenvalue weighted by molar-refractivity contribution is 7.89. The van der Waals surface area contributed by atoms with E-state index in [4.69, 9.17) is 4.74 Å². The first-order chi connectivity index (χ1) is 11.9. The van der Waals surface area contributed by atoms with Crippen molar-refractivity contribution in [1.82, 2.24) is 4.72 Å². The standard InChI is InChI=1S/C18H26N2O4S/c1-12(17-10-13-3-4-14(17)9-13)20-25(22,23)16-7-5-15(6-8-16)19-18(21)11-24-2/h5-8,12-14,17,20H,3-4,9-11H2,1-2H3,(H,19,21). The molecular formula is C18H26N2O4S. The Morgan fingerprint density at radius 1 is 1.24 bits per heavy atom. The van der Waals surface area contributed by atoms with Crippen molar-refractivity contribution in [3.63, 3.8) is 0 Å². The van der Waals surface area contributed by atoms with Gasteiger partial charge in [-0.3, -0.25) is 4.79 Å². The van der Waals surface area contributed by atoms with Crippen molar-refractivity contribution in [3.05, 3.63) is 24.3 Å². The van der Waals surface area contributed by atoms with Gasteiger partial charge in [-0.05, 0) is 68.2 Å². The lowest BCUT2D eigenvalue weighted by Gasteiger charge is -2.28. The van der Waals surface area contributed by atoms with Crippen LogP contribution in [0.5, 0.6) is 0 Å². The first-order valence-electron chi connectivity index (χ1n) is 8.80. The molecule has 2 fully saturated rings. The second-order valence-electron chi connectivity index (χ2n) is 7.25. The molecule has 25 heavy (non-hydrogen) atoms. The van der Waals surface area contributed by atoms with Gasteiger partial charge in [-0.25, -0.2) is 13.1 Å². The van der Waals surface area contributed by atoms with Crippen LogP contribution in [0.3, 0.4) is 0 Å². The van der Waals surface area contributed by atoms with Gasteiger partial charge in [0.2, 0.25) is 15.9 Å². The maximum atomic E-state index is 12.6. The van der Waals surface area contributed by atoms with Gasteiger partial charge in [0.1, 0.15) is 6.61 Å².